The van der Waals surface area contributed by atoms with Crippen LogP contribution in [0.2, 0.25) is 5.02 Å². The molecule has 7 heteroatoms. The summed E-state index contributed by atoms with van der Waals surface area (Å²) in [5, 5.41) is 0.418. The predicted octanol–water partition coefficient (Wildman–Crippen LogP) is 3.95. The normalized spacial score (nSPS) is 12.5. The molecule has 0 aliphatic carbocycles. The van der Waals surface area contributed by atoms with Gasteiger partial charge >= 0.3 is 0 Å². The van der Waals surface area contributed by atoms with E-state index in [4.69, 9.17) is 17.4 Å². The molecule has 100 valence electrons. The van der Waals surface area contributed by atoms with Gasteiger partial charge in [0.2, 0.25) is 0 Å². The van der Waals surface area contributed by atoms with Gasteiger partial charge in [-0.15, -0.1) is 0 Å². The average molecular weight is 409 g/mol. The SMILES string of the molecule is NNC(c1cc(F)ccc1Cl)c1ncc(Br)cc1Br. The van der Waals surface area contributed by atoms with Gasteiger partial charge in [0.25, 0.3) is 0 Å². The Hall–Kier alpha value is -0.530. The first-order valence-electron chi connectivity index (χ1n) is 5.25. The van der Waals surface area contributed by atoms with Crippen molar-refractivity contribution in [2.24, 2.45) is 5.84 Å². The number of pyridine rings is 1. The van der Waals surface area contributed by atoms with Crippen LogP contribution in [0.4, 0.5) is 4.39 Å². The topological polar surface area (TPSA) is 50.9 Å². The van der Waals surface area contributed by atoms with Crippen LogP contribution in [0.15, 0.2) is 39.4 Å². The van der Waals surface area contributed by atoms with Crippen molar-refractivity contribution in [2.45, 2.75) is 6.04 Å². The van der Waals surface area contributed by atoms with Crippen molar-refractivity contribution in [1.82, 2.24) is 10.4 Å². The number of hydrazine groups is 1. The fourth-order valence-electron chi connectivity index (χ4n) is 1.69. The molecule has 0 radical (unpaired) electrons. The van der Waals surface area contributed by atoms with Gasteiger partial charge in [-0.1, -0.05) is 11.6 Å². The number of rotatable bonds is 3. The molecular formula is C12H9Br2ClFN3. The molecule has 3 nitrogen and oxygen atoms in total. The molecule has 19 heavy (non-hydrogen) atoms. The molecule has 0 aliphatic heterocycles. The Morgan fingerprint density at radius 1 is 1.32 bits per heavy atom. The second-order valence-corrected chi connectivity index (χ2v) is 5.96. The van der Waals surface area contributed by atoms with Crippen molar-refractivity contribution >= 4 is 43.5 Å². The zero-order valence-corrected chi connectivity index (χ0v) is 13.4. The first kappa shape index (κ1) is 14.9. The van der Waals surface area contributed by atoms with Crippen LogP contribution in [-0.4, -0.2) is 4.98 Å². The van der Waals surface area contributed by atoms with Crippen LogP contribution in [0.3, 0.4) is 0 Å². The van der Waals surface area contributed by atoms with Gasteiger partial charge in [-0.2, -0.15) is 0 Å². The van der Waals surface area contributed by atoms with E-state index in [1.54, 1.807) is 6.20 Å². The maximum absolute atomic E-state index is 13.4. The third-order valence-corrected chi connectivity index (χ3v) is 3.96. The number of aromatic nitrogens is 1. The van der Waals surface area contributed by atoms with E-state index in [2.05, 4.69) is 42.3 Å². The van der Waals surface area contributed by atoms with E-state index in [-0.39, 0.29) is 5.82 Å². The van der Waals surface area contributed by atoms with E-state index >= 15 is 0 Å². The molecule has 0 spiro atoms. The van der Waals surface area contributed by atoms with Crippen LogP contribution in [0.25, 0.3) is 0 Å². The molecule has 1 aromatic carbocycles. The van der Waals surface area contributed by atoms with E-state index in [9.17, 15) is 4.39 Å². The Morgan fingerprint density at radius 2 is 2.05 bits per heavy atom. The van der Waals surface area contributed by atoms with Gasteiger partial charge in [0.15, 0.2) is 0 Å². The van der Waals surface area contributed by atoms with Gasteiger partial charge < -0.3 is 0 Å². The summed E-state index contributed by atoms with van der Waals surface area (Å²) >= 11 is 12.8. The number of nitrogens with one attached hydrogen (secondary N) is 1. The van der Waals surface area contributed by atoms with Gasteiger partial charge in [0.05, 0.1) is 11.7 Å². The highest BCUT2D eigenvalue weighted by molar-refractivity contribution is 9.11. The van der Waals surface area contributed by atoms with Crippen LogP contribution in [0, 0.1) is 5.82 Å². The van der Waals surface area contributed by atoms with E-state index in [0.717, 1.165) is 8.95 Å². The second-order valence-electron chi connectivity index (χ2n) is 3.79. The monoisotopic (exact) mass is 407 g/mol. The molecule has 1 unspecified atom stereocenters. The summed E-state index contributed by atoms with van der Waals surface area (Å²) in [4.78, 5) is 4.28. The van der Waals surface area contributed by atoms with E-state index in [0.29, 0.717) is 16.3 Å². The largest absolute Gasteiger partial charge is 0.271 e. The average Bonchev–Trinajstić information content (AvgIpc) is 2.36. The molecular weight excluding hydrogens is 400 g/mol. The highest BCUT2D eigenvalue weighted by Gasteiger charge is 2.20. The van der Waals surface area contributed by atoms with E-state index in [1.165, 1.54) is 18.2 Å². The van der Waals surface area contributed by atoms with Crippen LogP contribution >= 0.6 is 43.5 Å². The number of hydrogen-bond acceptors (Lipinski definition) is 3. The fourth-order valence-corrected chi connectivity index (χ4v) is 3.13. The lowest BCUT2D eigenvalue weighted by Gasteiger charge is -2.18. The minimum Gasteiger partial charge on any atom is -0.271 e. The summed E-state index contributed by atoms with van der Waals surface area (Å²) in [5.74, 6) is 5.18. The van der Waals surface area contributed by atoms with Crippen LogP contribution in [0.1, 0.15) is 17.3 Å². The van der Waals surface area contributed by atoms with Crippen molar-refractivity contribution < 1.29 is 4.39 Å². The lowest BCUT2D eigenvalue weighted by Crippen LogP contribution is -2.30. The quantitative estimate of drug-likeness (QED) is 0.596. The molecule has 0 fully saturated rings. The maximum atomic E-state index is 13.4. The second kappa shape index (κ2) is 6.28. The lowest BCUT2D eigenvalue weighted by molar-refractivity contribution is 0.596. The smallest absolute Gasteiger partial charge is 0.123 e. The maximum Gasteiger partial charge on any atom is 0.123 e. The number of benzene rings is 1. The van der Waals surface area contributed by atoms with Gasteiger partial charge in [-0.05, 0) is 61.7 Å². The molecule has 1 atom stereocenters. The van der Waals surface area contributed by atoms with Gasteiger partial charge in [-0.25, -0.2) is 9.82 Å². The third-order valence-electron chi connectivity index (χ3n) is 2.55. The number of halogens is 4. The Morgan fingerprint density at radius 3 is 2.68 bits per heavy atom. The summed E-state index contributed by atoms with van der Waals surface area (Å²) in [6.07, 6.45) is 1.64. The zero-order chi connectivity index (χ0) is 14.0. The van der Waals surface area contributed by atoms with Crippen LogP contribution < -0.4 is 11.3 Å². The molecule has 0 bridgehead atoms. The van der Waals surface area contributed by atoms with E-state index < -0.39 is 6.04 Å². The first-order chi connectivity index (χ1) is 9.02. The molecule has 0 amide bonds. The van der Waals surface area contributed by atoms with E-state index in [1.807, 2.05) is 6.07 Å². The molecule has 0 aliphatic rings. The van der Waals surface area contributed by atoms with Crippen LogP contribution in [0.5, 0.6) is 0 Å². The summed E-state index contributed by atoms with van der Waals surface area (Å²) in [5.41, 5.74) is 3.75. The first-order valence-corrected chi connectivity index (χ1v) is 7.21. The van der Waals surface area contributed by atoms with Gasteiger partial charge in [0, 0.05) is 20.2 Å². The third kappa shape index (κ3) is 3.32. The molecule has 1 heterocycles. The lowest BCUT2D eigenvalue weighted by atomic mass is 10.0. The number of hydrogen-bond donors (Lipinski definition) is 2. The molecule has 0 saturated heterocycles. The molecule has 2 aromatic rings. The zero-order valence-electron chi connectivity index (χ0n) is 9.50. The summed E-state index contributed by atoms with van der Waals surface area (Å²) in [7, 11) is 0. The van der Waals surface area contributed by atoms with Crippen molar-refractivity contribution in [3.63, 3.8) is 0 Å². The summed E-state index contributed by atoms with van der Waals surface area (Å²) in [6.45, 7) is 0. The highest BCUT2D eigenvalue weighted by atomic mass is 79.9. The fraction of sp³-hybridized carbons (Fsp3) is 0.0833. The van der Waals surface area contributed by atoms with Gasteiger partial charge in [-0.3, -0.25) is 10.8 Å². The number of nitrogens with zero attached hydrogens (tertiary/aromatic N) is 1. The van der Waals surface area contributed by atoms with Crippen molar-refractivity contribution in [1.29, 1.82) is 0 Å². The predicted molar refractivity (Wildman–Crippen MR) is 80.2 cm³/mol. The summed E-state index contributed by atoms with van der Waals surface area (Å²) in [6, 6.07) is 5.45. The molecule has 1 aromatic heterocycles. The minimum atomic E-state index is -0.509. The Kier molecular flexibility index (Phi) is 4.92. The Balaban J connectivity index is 2.52. The van der Waals surface area contributed by atoms with Gasteiger partial charge in [0.1, 0.15) is 5.82 Å². The van der Waals surface area contributed by atoms with Crippen molar-refractivity contribution in [3.05, 3.63) is 61.5 Å². The minimum absolute atomic E-state index is 0.382. The molecule has 3 N–H and O–H groups in total. The highest BCUT2D eigenvalue weighted by Crippen LogP contribution is 2.32. The molecule has 2 rings (SSSR count). The summed E-state index contributed by atoms with van der Waals surface area (Å²) < 4.78 is 14.9. The Bertz CT molecular complexity index is 610. The van der Waals surface area contributed by atoms with Crippen molar-refractivity contribution in [2.75, 3.05) is 0 Å². The number of nitrogens with two attached hydrogens (primary N) is 1. The van der Waals surface area contributed by atoms with Crippen LogP contribution in [-0.2, 0) is 0 Å². The standard InChI is InChI=1S/C12H9Br2ClFN3/c13-6-3-9(14)12(18-5-6)11(19-17)8-4-7(16)1-2-10(8)15/h1-5,11,19H,17H2. The Labute approximate surface area is 131 Å². The molecule has 0 saturated carbocycles. The van der Waals surface area contributed by atoms with Crippen molar-refractivity contribution in [3.8, 4) is 0 Å².